The summed E-state index contributed by atoms with van der Waals surface area (Å²) in [6, 6.07) is 8.28. The molecule has 1 unspecified atom stereocenters. The Kier molecular flexibility index (Phi) is 3.88. The van der Waals surface area contributed by atoms with E-state index in [0.29, 0.717) is 10.7 Å². The van der Waals surface area contributed by atoms with Crippen LogP contribution in [0.5, 0.6) is 0 Å². The van der Waals surface area contributed by atoms with E-state index in [2.05, 4.69) is 15.6 Å². The molecule has 1 atom stereocenters. The Hall–Kier alpha value is -2.67. The maximum Gasteiger partial charge on any atom is 0.287 e. The lowest BCUT2D eigenvalue weighted by Crippen LogP contribution is -2.41. The number of hydrogen-bond donors (Lipinski definition) is 2. The van der Waals surface area contributed by atoms with Gasteiger partial charge in [0.15, 0.2) is 10.9 Å². The summed E-state index contributed by atoms with van der Waals surface area (Å²) < 4.78 is 5.46. The number of furan rings is 1. The number of para-hydroxylation sites is 1. The number of amides is 2. The molecule has 0 aliphatic heterocycles. The van der Waals surface area contributed by atoms with Crippen LogP contribution in [-0.2, 0) is 4.79 Å². The number of nitrogens with one attached hydrogen (secondary N) is 2. The fraction of sp³-hybridized carbons (Fsp3) is 0.133. The Labute approximate surface area is 130 Å². The third-order valence-electron chi connectivity index (χ3n) is 3.05. The molecule has 6 nitrogen and oxygen atoms in total. The molecule has 2 heterocycles. The molecule has 0 aliphatic carbocycles. The predicted octanol–water partition coefficient (Wildman–Crippen LogP) is 2.65. The van der Waals surface area contributed by atoms with Crippen LogP contribution in [-0.4, -0.2) is 22.8 Å². The van der Waals surface area contributed by atoms with Gasteiger partial charge in [-0.2, -0.15) is 0 Å². The molecule has 0 spiro atoms. The lowest BCUT2D eigenvalue weighted by molar-refractivity contribution is -0.117. The van der Waals surface area contributed by atoms with E-state index >= 15 is 0 Å². The van der Waals surface area contributed by atoms with E-state index in [-0.39, 0.29) is 11.7 Å². The number of carbonyl (C=O) groups is 2. The number of rotatable bonds is 4. The summed E-state index contributed by atoms with van der Waals surface area (Å²) >= 11 is 1.31. The normalized spacial score (nSPS) is 12.0. The number of aromatic nitrogens is 1. The van der Waals surface area contributed by atoms with E-state index in [1.54, 1.807) is 30.6 Å². The lowest BCUT2D eigenvalue weighted by Gasteiger charge is -2.11. The number of benzene rings is 1. The molecule has 0 bridgehead atoms. The summed E-state index contributed by atoms with van der Waals surface area (Å²) in [6.07, 6.45) is 1.60. The minimum atomic E-state index is -0.704. The highest BCUT2D eigenvalue weighted by molar-refractivity contribution is 7.13. The zero-order valence-electron chi connectivity index (χ0n) is 11.7. The maximum atomic E-state index is 12.1. The van der Waals surface area contributed by atoms with Gasteiger partial charge in [0.05, 0.1) is 0 Å². The second-order valence-electron chi connectivity index (χ2n) is 4.67. The van der Waals surface area contributed by atoms with E-state index in [4.69, 9.17) is 4.42 Å². The molecule has 0 radical (unpaired) electrons. The highest BCUT2D eigenvalue weighted by Gasteiger charge is 2.19. The third kappa shape index (κ3) is 2.99. The van der Waals surface area contributed by atoms with Gasteiger partial charge in [0.25, 0.3) is 5.91 Å². The molecule has 1 aromatic carbocycles. The predicted molar refractivity (Wildman–Crippen MR) is 83.9 cm³/mol. The molecule has 22 heavy (non-hydrogen) atoms. The smallest absolute Gasteiger partial charge is 0.287 e. The lowest BCUT2D eigenvalue weighted by atomic mass is 10.2. The fourth-order valence-electron chi connectivity index (χ4n) is 1.93. The molecule has 0 saturated heterocycles. The molecule has 0 aliphatic rings. The van der Waals surface area contributed by atoms with Gasteiger partial charge in [0, 0.05) is 17.0 Å². The SMILES string of the molecule is CC(NC(=O)c1cc2ccccc2o1)C(=O)Nc1nccs1. The number of fused-ring (bicyclic) bond motifs is 1. The van der Waals surface area contributed by atoms with Gasteiger partial charge in [0.1, 0.15) is 11.6 Å². The number of anilines is 1. The Morgan fingerprint density at radius 2 is 2.14 bits per heavy atom. The van der Waals surface area contributed by atoms with Gasteiger partial charge in [-0.15, -0.1) is 11.3 Å². The van der Waals surface area contributed by atoms with Crippen molar-refractivity contribution < 1.29 is 14.0 Å². The molecule has 2 aromatic heterocycles. The first-order valence-electron chi connectivity index (χ1n) is 6.63. The van der Waals surface area contributed by atoms with Crippen molar-refractivity contribution >= 4 is 39.3 Å². The van der Waals surface area contributed by atoms with Gasteiger partial charge in [-0.3, -0.25) is 9.59 Å². The Balaban J connectivity index is 1.66. The molecular formula is C15H13N3O3S. The van der Waals surface area contributed by atoms with E-state index in [1.165, 1.54) is 11.3 Å². The molecule has 0 fully saturated rings. The fourth-order valence-corrected chi connectivity index (χ4v) is 2.46. The van der Waals surface area contributed by atoms with Crippen LogP contribution in [0.1, 0.15) is 17.5 Å². The Morgan fingerprint density at radius 1 is 1.32 bits per heavy atom. The molecule has 2 N–H and O–H groups in total. The van der Waals surface area contributed by atoms with Crippen molar-refractivity contribution in [1.29, 1.82) is 0 Å². The van der Waals surface area contributed by atoms with Crippen LogP contribution in [0, 0.1) is 0 Å². The summed E-state index contributed by atoms with van der Waals surface area (Å²) in [5.74, 6) is -0.590. The van der Waals surface area contributed by atoms with Crippen molar-refractivity contribution in [2.24, 2.45) is 0 Å². The molecule has 112 valence electrons. The molecule has 7 heteroatoms. The summed E-state index contributed by atoms with van der Waals surface area (Å²) in [6.45, 7) is 1.60. The molecule has 2 amide bonds. The first kappa shape index (κ1) is 14.3. The largest absolute Gasteiger partial charge is 0.451 e. The second kappa shape index (κ2) is 5.98. The highest BCUT2D eigenvalue weighted by Crippen LogP contribution is 2.18. The summed E-state index contributed by atoms with van der Waals surface area (Å²) in [5.41, 5.74) is 0.632. The van der Waals surface area contributed by atoms with Crippen molar-refractivity contribution in [2.75, 3.05) is 5.32 Å². The van der Waals surface area contributed by atoms with Gasteiger partial charge < -0.3 is 15.1 Å². The van der Waals surface area contributed by atoms with Crippen molar-refractivity contribution in [1.82, 2.24) is 10.3 Å². The highest BCUT2D eigenvalue weighted by atomic mass is 32.1. The zero-order valence-corrected chi connectivity index (χ0v) is 12.5. The van der Waals surface area contributed by atoms with Gasteiger partial charge in [0.2, 0.25) is 5.91 Å². The van der Waals surface area contributed by atoms with Crippen molar-refractivity contribution in [2.45, 2.75) is 13.0 Å². The number of carbonyl (C=O) groups excluding carboxylic acids is 2. The maximum absolute atomic E-state index is 12.1. The topological polar surface area (TPSA) is 84.2 Å². The van der Waals surface area contributed by atoms with Gasteiger partial charge in [-0.1, -0.05) is 18.2 Å². The van der Waals surface area contributed by atoms with Crippen LogP contribution in [0.25, 0.3) is 11.0 Å². The van der Waals surface area contributed by atoms with Crippen molar-refractivity contribution in [3.8, 4) is 0 Å². The monoisotopic (exact) mass is 315 g/mol. The second-order valence-corrected chi connectivity index (χ2v) is 5.56. The van der Waals surface area contributed by atoms with Crippen LogP contribution < -0.4 is 10.6 Å². The first-order valence-corrected chi connectivity index (χ1v) is 7.51. The van der Waals surface area contributed by atoms with Crippen molar-refractivity contribution in [3.05, 3.63) is 47.7 Å². The number of thiazole rings is 1. The van der Waals surface area contributed by atoms with Crippen LogP contribution in [0.4, 0.5) is 5.13 Å². The van der Waals surface area contributed by atoms with E-state index in [0.717, 1.165) is 5.39 Å². The van der Waals surface area contributed by atoms with E-state index < -0.39 is 11.9 Å². The summed E-state index contributed by atoms with van der Waals surface area (Å²) in [4.78, 5) is 28.1. The van der Waals surface area contributed by atoms with Gasteiger partial charge in [-0.05, 0) is 19.1 Å². The quantitative estimate of drug-likeness (QED) is 0.775. The summed E-state index contributed by atoms with van der Waals surface area (Å²) in [5, 5.41) is 8.32. The summed E-state index contributed by atoms with van der Waals surface area (Å²) in [7, 11) is 0. The number of hydrogen-bond acceptors (Lipinski definition) is 5. The van der Waals surface area contributed by atoms with Crippen LogP contribution in [0.15, 0.2) is 46.3 Å². The van der Waals surface area contributed by atoms with E-state index in [9.17, 15) is 9.59 Å². The van der Waals surface area contributed by atoms with Crippen LogP contribution in [0.2, 0.25) is 0 Å². The molecule has 3 rings (SSSR count). The number of nitrogens with zero attached hydrogens (tertiary/aromatic N) is 1. The Bertz CT molecular complexity index is 777. The molecular weight excluding hydrogens is 302 g/mol. The molecule has 3 aromatic rings. The van der Waals surface area contributed by atoms with Gasteiger partial charge >= 0.3 is 0 Å². The van der Waals surface area contributed by atoms with Crippen LogP contribution >= 0.6 is 11.3 Å². The zero-order chi connectivity index (χ0) is 15.5. The standard InChI is InChI=1S/C15H13N3O3S/c1-9(13(19)18-15-16-6-7-22-15)17-14(20)12-8-10-4-2-3-5-11(10)21-12/h2-9H,1H3,(H,17,20)(H,16,18,19). The third-order valence-corrected chi connectivity index (χ3v) is 3.74. The van der Waals surface area contributed by atoms with E-state index in [1.807, 2.05) is 18.2 Å². The van der Waals surface area contributed by atoms with Crippen LogP contribution in [0.3, 0.4) is 0 Å². The van der Waals surface area contributed by atoms with Crippen molar-refractivity contribution in [3.63, 3.8) is 0 Å². The van der Waals surface area contributed by atoms with Gasteiger partial charge in [-0.25, -0.2) is 4.98 Å². The minimum Gasteiger partial charge on any atom is -0.451 e. The minimum absolute atomic E-state index is 0.176. The molecule has 0 saturated carbocycles. The Morgan fingerprint density at radius 3 is 2.86 bits per heavy atom. The first-order chi connectivity index (χ1) is 10.6. The average molecular weight is 315 g/mol. The average Bonchev–Trinajstić information content (AvgIpc) is 3.15.